The fraction of sp³-hybridized carbons (Fsp3) is 0.625. The molecule has 1 fully saturated rings. The molecule has 0 heterocycles. The fourth-order valence-electron chi connectivity index (χ4n) is 3.85. The fourth-order valence-corrected chi connectivity index (χ4v) is 3.85. The third-order valence-electron chi connectivity index (χ3n) is 6.10. The van der Waals surface area contributed by atoms with Crippen LogP contribution >= 0.6 is 0 Å². The molecule has 1 saturated carbocycles. The molecule has 2 unspecified atom stereocenters. The number of ketones is 1. The normalized spacial score (nSPS) is 19.3. The van der Waals surface area contributed by atoms with E-state index in [4.69, 9.17) is 20.4 Å². The van der Waals surface area contributed by atoms with Gasteiger partial charge in [0.25, 0.3) is 0 Å². The van der Waals surface area contributed by atoms with Crippen LogP contribution in [-0.4, -0.2) is 99.2 Å². The van der Waals surface area contributed by atoms with Gasteiger partial charge in [-0.1, -0.05) is 39.0 Å². The Bertz CT molecular complexity index is 752. The predicted molar refractivity (Wildman–Crippen MR) is 128 cm³/mol. The summed E-state index contributed by atoms with van der Waals surface area (Å²) < 4.78 is 0. The van der Waals surface area contributed by atoms with Crippen LogP contribution in [0.5, 0.6) is 0 Å². The minimum absolute atomic E-state index is 0.0703. The molecule has 0 bridgehead atoms. The van der Waals surface area contributed by atoms with Crippen LogP contribution in [0.4, 0.5) is 0 Å². The van der Waals surface area contributed by atoms with Gasteiger partial charge in [-0.15, -0.1) is 0 Å². The van der Waals surface area contributed by atoms with Gasteiger partial charge in [0.2, 0.25) is 0 Å². The molecule has 0 amide bonds. The van der Waals surface area contributed by atoms with Crippen LogP contribution in [0.1, 0.15) is 40.5 Å². The van der Waals surface area contributed by atoms with Crippen LogP contribution in [-0.2, 0) is 24.0 Å². The van der Waals surface area contributed by atoms with Gasteiger partial charge in [0.15, 0.2) is 5.78 Å². The molecule has 0 aromatic rings. The molecule has 0 aliphatic heterocycles. The lowest BCUT2D eigenvalue weighted by Crippen LogP contribution is -2.43. The highest BCUT2D eigenvalue weighted by Gasteiger charge is 2.38. The van der Waals surface area contributed by atoms with E-state index in [0.29, 0.717) is 11.8 Å². The van der Waals surface area contributed by atoms with Crippen molar-refractivity contribution >= 4 is 29.7 Å². The molecular formula is C24H38N2O9. The highest BCUT2D eigenvalue weighted by molar-refractivity contribution is 5.87. The number of hydrogen-bond donors (Lipinski definition) is 4. The first-order valence-electron chi connectivity index (χ1n) is 11.2. The highest BCUT2D eigenvalue weighted by Crippen LogP contribution is 2.47. The lowest BCUT2D eigenvalue weighted by atomic mass is 9.61. The highest BCUT2D eigenvalue weighted by atomic mass is 16.4. The molecule has 0 radical (unpaired) electrons. The summed E-state index contributed by atoms with van der Waals surface area (Å²) in [7, 11) is 0. The van der Waals surface area contributed by atoms with Crippen molar-refractivity contribution in [1.82, 2.24) is 9.80 Å². The number of carboxylic acids is 4. The molecule has 0 spiro atoms. The zero-order chi connectivity index (χ0) is 27.3. The quantitative estimate of drug-likeness (QED) is 0.215. The van der Waals surface area contributed by atoms with Gasteiger partial charge in [0.1, 0.15) is 0 Å². The third-order valence-corrected chi connectivity index (χ3v) is 6.10. The van der Waals surface area contributed by atoms with Crippen LogP contribution in [0.15, 0.2) is 24.3 Å². The molecule has 1 aliphatic rings. The average Bonchev–Trinajstić information content (AvgIpc) is 2.67. The van der Waals surface area contributed by atoms with E-state index in [9.17, 15) is 24.0 Å². The van der Waals surface area contributed by atoms with Gasteiger partial charge in [-0.3, -0.25) is 33.8 Å². The van der Waals surface area contributed by atoms with Crippen molar-refractivity contribution < 1.29 is 44.4 Å². The van der Waals surface area contributed by atoms with Crippen molar-refractivity contribution in [3.63, 3.8) is 0 Å². The van der Waals surface area contributed by atoms with Crippen molar-refractivity contribution in [2.24, 2.45) is 17.3 Å². The van der Waals surface area contributed by atoms with E-state index in [1.54, 1.807) is 13.0 Å². The maximum absolute atomic E-state index is 11.0. The standard InChI is InChI=1S/C14H22O.C10H16N2O8/c1-10-6-7-11(2)14(4,5)13(10)9-8-12(3)15;13-7(14)3-11(4-8(15)16)1-2-12(5-9(17)18)6-10(19)20/h8-9,11,13H,1,6-7H2,2-5H3;1-6H2,(H,13,14)(H,15,16)(H,17,18)(H,19,20). The summed E-state index contributed by atoms with van der Waals surface area (Å²) in [4.78, 5) is 55.3. The van der Waals surface area contributed by atoms with Crippen molar-refractivity contribution in [3.05, 3.63) is 24.3 Å². The molecular weight excluding hydrogens is 460 g/mol. The molecule has 0 aromatic carbocycles. The number of carboxylic acid groups (broad SMARTS) is 4. The van der Waals surface area contributed by atoms with Crippen LogP contribution in [0.25, 0.3) is 0 Å². The van der Waals surface area contributed by atoms with E-state index in [2.05, 4.69) is 27.4 Å². The van der Waals surface area contributed by atoms with Crippen molar-refractivity contribution in [1.29, 1.82) is 0 Å². The minimum atomic E-state index is -1.23. The molecule has 198 valence electrons. The first kappa shape index (κ1) is 31.9. The topological polar surface area (TPSA) is 173 Å². The second-order valence-corrected chi connectivity index (χ2v) is 9.36. The molecule has 0 aromatic heterocycles. The van der Waals surface area contributed by atoms with E-state index in [-0.39, 0.29) is 24.3 Å². The Kier molecular flexibility index (Phi) is 13.7. The third kappa shape index (κ3) is 13.4. The summed E-state index contributed by atoms with van der Waals surface area (Å²) in [5, 5.41) is 34.5. The van der Waals surface area contributed by atoms with Gasteiger partial charge >= 0.3 is 23.9 Å². The Morgan fingerprint density at radius 1 is 0.886 bits per heavy atom. The molecule has 11 heteroatoms. The first-order valence-corrected chi connectivity index (χ1v) is 11.2. The smallest absolute Gasteiger partial charge is 0.317 e. The molecule has 1 aliphatic carbocycles. The molecule has 1 rings (SSSR count). The molecule has 2 atom stereocenters. The maximum atomic E-state index is 11.0. The lowest BCUT2D eigenvalue weighted by molar-refractivity contribution is -0.145. The summed E-state index contributed by atoms with van der Waals surface area (Å²) in [5.41, 5.74) is 1.50. The van der Waals surface area contributed by atoms with Crippen LogP contribution in [0, 0.1) is 17.3 Å². The molecule has 0 saturated heterocycles. The average molecular weight is 499 g/mol. The van der Waals surface area contributed by atoms with Gasteiger partial charge in [0.05, 0.1) is 26.2 Å². The Hall–Kier alpha value is -3.05. The number of nitrogens with zero attached hydrogens (tertiary/aromatic N) is 2. The van der Waals surface area contributed by atoms with Gasteiger partial charge in [-0.25, -0.2) is 0 Å². The summed E-state index contributed by atoms with van der Waals surface area (Å²) in [6, 6.07) is 0. The second kappa shape index (κ2) is 15.0. The van der Waals surface area contributed by atoms with E-state index < -0.39 is 50.1 Å². The number of hydrogen-bond acceptors (Lipinski definition) is 7. The number of carbonyl (C=O) groups is 5. The zero-order valence-corrected chi connectivity index (χ0v) is 20.9. The van der Waals surface area contributed by atoms with Crippen molar-refractivity contribution in [2.45, 2.75) is 40.5 Å². The SMILES string of the molecule is C=C1CCC(C)C(C)(C)C1C=CC(C)=O.O=C(O)CN(CCN(CC(=O)O)CC(=O)O)CC(=O)O. The first-order chi connectivity index (χ1) is 16.1. The summed E-state index contributed by atoms with van der Waals surface area (Å²) in [6.07, 6.45) is 6.05. The largest absolute Gasteiger partial charge is 0.480 e. The zero-order valence-electron chi connectivity index (χ0n) is 20.9. The van der Waals surface area contributed by atoms with Crippen LogP contribution in [0.2, 0.25) is 0 Å². The van der Waals surface area contributed by atoms with E-state index in [1.807, 2.05) is 6.08 Å². The van der Waals surface area contributed by atoms with Crippen LogP contribution in [0.3, 0.4) is 0 Å². The Balaban J connectivity index is 0.000000686. The number of carbonyl (C=O) groups excluding carboxylic acids is 1. The lowest BCUT2D eigenvalue weighted by Gasteiger charge is -2.44. The number of allylic oxidation sites excluding steroid dienone is 3. The minimum Gasteiger partial charge on any atom is -0.480 e. The number of rotatable bonds is 13. The van der Waals surface area contributed by atoms with Gasteiger partial charge in [0, 0.05) is 19.0 Å². The maximum Gasteiger partial charge on any atom is 0.317 e. The summed E-state index contributed by atoms with van der Waals surface area (Å²) in [5.74, 6) is -3.75. The number of aliphatic carboxylic acids is 4. The van der Waals surface area contributed by atoms with Gasteiger partial charge < -0.3 is 20.4 Å². The Morgan fingerprint density at radius 3 is 1.57 bits per heavy atom. The van der Waals surface area contributed by atoms with E-state index in [1.165, 1.54) is 12.0 Å². The van der Waals surface area contributed by atoms with Crippen LogP contribution < -0.4 is 0 Å². The Morgan fingerprint density at radius 2 is 1.26 bits per heavy atom. The summed E-state index contributed by atoms with van der Waals surface area (Å²) in [6.45, 7) is 10.3. The molecule has 4 N–H and O–H groups in total. The molecule has 11 nitrogen and oxygen atoms in total. The second-order valence-electron chi connectivity index (χ2n) is 9.36. The van der Waals surface area contributed by atoms with Gasteiger partial charge in [-0.2, -0.15) is 0 Å². The van der Waals surface area contributed by atoms with Crippen molar-refractivity contribution in [2.75, 3.05) is 39.3 Å². The van der Waals surface area contributed by atoms with Crippen molar-refractivity contribution in [3.8, 4) is 0 Å². The Labute approximate surface area is 205 Å². The molecule has 35 heavy (non-hydrogen) atoms. The van der Waals surface area contributed by atoms with Gasteiger partial charge in [-0.05, 0) is 37.2 Å². The predicted octanol–water partition coefficient (Wildman–Crippen LogP) is 1.69. The monoisotopic (exact) mass is 498 g/mol. The van der Waals surface area contributed by atoms with E-state index >= 15 is 0 Å². The summed E-state index contributed by atoms with van der Waals surface area (Å²) >= 11 is 0. The van der Waals surface area contributed by atoms with E-state index in [0.717, 1.165) is 16.2 Å².